The minimum Gasteiger partial charge on any atom is -0.497 e. The SMILES string of the molecule is COc1ccc(N(CC(=O)Nc2ccc(-c3csc(N)n3)cc2)C(=O)c2ccc(C(N)=O)cc2)cc1. The number of benzene rings is 3. The Kier molecular flexibility index (Phi) is 7.26. The van der Waals surface area contributed by atoms with Gasteiger partial charge in [-0.2, -0.15) is 0 Å². The van der Waals surface area contributed by atoms with Gasteiger partial charge in [-0.25, -0.2) is 4.98 Å². The van der Waals surface area contributed by atoms with Crippen LogP contribution in [0, 0.1) is 0 Å². The number of nitrogens with two attached hydrogens (primary N) is 2. The van der Waals surface area contributed by atoms with Crippen LogP contribution < -0.4 is 26.4 Å². The Morgan fingerprint density at radius 2 is 1.58 bits per heavy atom. The normalized spacial score (nSPS) is 10.5. The minimum atomic E-state index is -0.593. The van der Waals surface area contributed by atoms with Crippen LogP contribution in [0.1, 0.15) is 20.7 Å². The molecule has 182 valence electrons. The van der Waals surface area contributed by atoms with Gasteiger partial charge in [0.1, 0.15) is 12.3 Å². The van der Waals surface area contributed by atoms with Gasteiger partial charge in [-0.3, -0.25) is 19.3 Å². The Morgan fingerprint density at radius 3 is 2.14 bits per heavy atom. The number of nitrogens with one attached hydrogen (secondary N) is 1. The molecule has 1 aromatic heterocycles. The van der Waals surface area contributed by atoms with Crippen molar-refractivity contribution < 1.29 is 19.1 Å². The summed E-state index contributed by atoms with van der Waals surface area (Å²) in [6, 6.07) is 19.9. The Balaban J connectivity index is 1.53. The van der Waals surface area contributed by atoms with Crippen molar-refractivity contribution in [3.63, 3.8) is 0 Å². The number of hydrogen-bond acceptors (Lipinski definition) is 7. The van der Waals surface area contributed by atoms with Gasteiger partial charge in [0.2, 0.25) is 11.8 Å². The first-order valence-corrected chi connectivity index (χ1v) is 11.7. The summed E-state index contributed by atoms with van der Waals surface area (Å²) < 4.78 is 5.20. The maximum atomic E-state index is 13.4. The van der Waals surface area contributed by atoms with Gasteiger partial charge in [-0.15, -0.1) is 11.3 Å². The highest BCUT2D eigenvalue weighted by Crippen LogP contribution is 2.25. The largest absolute Gasteiger partial charge is 0.497 e. The van der Waals surface area contributed by atoms with Gasteiger partial charge in [0.25, 0.3) is 5.91 Å². The summed E-state index contributed by atoms with van der Waals surface area (Å²) in [7, 11) is 1.54. The van der Waals surface area contributed by atoms with Crippen molar-refractivity contribution in [1.82, 2.24) is 4.98 Å². The lowest BCUT2D eigenvalue weighted by atomic mass is 10.1. The molecule has 1 heterocycles. The van der Waals surface area contributed by atoms with Crippen molar-refractivity contribution in [2.24, 2.45) is 5.73 Å². The second-order valence-electron chi connectivity index (χ2n) is 7.73. The molecule has 0 bridgehead atoms. The van der Waals surface area contributed by atoms with Crippen molar-refractivity contribution in [2.75, 3.05) is 29.6 Å². The van der Waals surface area contributed by atoms with E-state index in [-0.39, 0.29) is 12.1 Å². The van der Waals surface area contributed by atoms with Gasteiger partial charge in [-0.05, 0) is 60.7 Å². The van der Waals surface area contributed by atoms with E-state index in [2.05, 4.69) is 10.3 Å². The predicted molar refractivity (Wildman–Crippen MR) is 140 cm³/mol. The fourth-order valence-corrected chi connectivity index (χ4v) is 4.04. The summed E-state index contributed by atoms with van der Waals surface area (Å²) in [5.74, 6) is -0.783. The summed E-state index contributed by atoms with van der Waals surface area (Å²) in [4.78, 5) is 43.3. The van der Waals surface area contributed by atoms with E-state index < -0.39 is 17.7 Å². The van der Waals surface area contributed by atoms with Crippen LogP contribution in [0.15, 0.2) is 78.2 Å². The van der Waals surface area contributed by atoms with Crippen LogP contribution in [-0.2, 0) is 4.79 Å². The molecule has 9 nitrogen and oxygen atoms in total. The van der Waals surface area contributed by atoms with Gasteiger partial charge in [0, 0.05) is 33.4 Å². The third-order valence-electron chi connectivity index (χ3n) is 5.33. The number of primary amides is 1. The summed E-state index contributed by atoms with van der Waals surface area (Å²) in [6.45, 7) is -0.243. The van der Waals surface area contributed by atoms with Crippen LogP contribution in [0.2, 0.25) is 0 Å². The quantitative estimate of drug-likeness (QED) is 0.336. The summed E-state index contributed by atoms with van der Waals surface area (Å²) in [5, 5.41) is 5.16. The molecule has 3 aromatic carbocycles. The lowest BCUT2D eigenvalue weighted by molar-refractivity contribution is -0.114. The fourth-order valence-electron chi connectivity index (χ4n) is 3.46. The number of ether oxygens (including phenoxy) is 1. The first-order chi connectivity index (χ1) is 17.3. The molecule has 0 fully saturated rings. The monoisotopic (exact) mass is 501 g/mol. The molecule has 0 aliphatic heterocycles. The zero-order valence-corrected chi connectivity index (χ0v) is 20.1. The molecule has 10 heteroatoms. The molecule has 5 N–H and O–H groups in total. The van der Waals surface area contributed by atoms with Crippen molar-refractivity contribution in [3.05, 3.63) is 89.3 Å². The number of nitrogens with zero attached hydrogens (tertiary/aromatic N) is 2. The van der Waals surface area contributed by atoms with Crippen LogP contribution in [-0.4, -0.2) is 36.4 Å². The van der Waals surface area contributed by atoms with E-state index in [1.165, 1.54) is 40.5 Å². The van der Waals surface area contributed by atoms with Crippen LogP contribution in [0.3, 0.4) is 0 Å². The molecule has 3 amide bonds. The van der Waals surface area contributed by atoms with E-state index in [9.17, 15) is 14.4 Å². The molecule has 4 rings (SSSR count). The Morgan fingerprint density at radius 1 is 0.944 bits per heavy atom. The number of anilines is 3. The van der Waals surface area contributed by atoms with Crippen molar-refractivity contribution in [3.8, 4) is 17.0 Å². The van der Waals surface area contributed by atoms with E-state index in [4.69, 9.17) is 16.2 Å². The molecule has 4 aromatic rings. The lowest BCUT2D eigenvalue weighted by Gasteiger charge is -2.23. The zero-order valence-electron chi connectivity index (χ0n) is 19.3. The van der Waals surface area contributed by atoms with Crippen LogP contribution in [0.25, 0.3) is 11.3 Å². The van der Waals surface area contributed by atoms with Gasteiger partial charge in [0.15, 0.2) is 5.13 Å². The molecular weight excluding hydrogens is 478 g/mol. The molecule has 36 heavy (non-hydrogen) atoms. The lowest BCUT2D eigenvalue weighted by Crippen LogP contribution is -2.38. The number of methoxy groups -OCH3 is 1. The average Bonchev–Trinajstić information content (AvgIpc) is 3.33. The molecule has 0 atom stereocenters. The topological polar surface area (TPSA) is 141 Å². The number of nitrogen functional groups attached to an aromatic ring is 1. The third kappa shape index (κ3) is 5.68. The van der Waals surface area contributed by atoms with Crippen LogP contribution in [0.5, 0.6) is 5.75 Å². The number of carbonyl (C=O) groups excluding carboxylic acids is 3. The third-order valence-corrected chi connectivity index (χ3v) is 6.01. The molecule has 0 unspecified atom stereocenters. The summed E-state index contributed by atoms with van der Waals surface area (Å²) in [6.07, 6.45) is 0. The Hall–Kier alpha value is -4.70. The summed E-state index contributed by atoms with van der Waals surface area (Å²) in [5.41, 5.74) is 14.3. The fraction of sp³-hybridized carbons (Fsp3) is 0.0769. The first kappa shape index (κ1) is 24.4. The maximum Gasteiger partial charge on any atom is 0.258 e. The molecular formula is C26H23N5O4S. The van der Waals surface area contributed by atoms with Gasteiger partial charge < -0.3 is 21.5 Å². The van der Waals surface area contributed by atoms with Crippen LogP contribution >= 0.6 is 11.3 Å². The standard InChI is InChI=1S/C26H23N5O4S/c1-35-21-12-10-20(11-13-21)31(25(34)18-4-2-17(3-5-18)24(27)33)14-23(32)29-19-8-6-16(7-9-19)22-15-36-26(28)30-22/h2-13,15H,14H2,1H3,(H2,27,33)(H2,28,30)(H,29,32). The molecule has 0 spiro atoms. The molecule has 0 saturated carbocycles. The summed E-state index contributed by atoms with van der Waals surface area (Å²) >= 11 is 1.35. The van der Waals surface area contributed by atoms with E-state index in [0.29, 0.717) is 27.8 Å². The van der Waals surface area contributed by atoms with Gasteiger partial charge in [0.05, 0.1) is 12.8 Å². The predicted octanol–water partition coefficient (Wildman–Crippen LogP) is 3.79. The number of thiazole rings is 1. The average molecular weight is 502 g/mol. The zero-order chi connectivity index (χ0) is 25.7. The Labute approximate surface area is 211 Å². The van der Waals surface area contributed by atoms with Crippen LogP contribution in [0.4, 0.5) is 16.5 Å². The van der Waals surface area contributed by atoms with E-state index >= 15 is 0 Å². The first-order valence-electron chi connectivity index (χ1n) is 10.8. The number of rotatable bonds is 8. The van der Waals surface area contributed by atoms with E-state index in [1.54, 1.807) is 43.5 Å². The van der Waals surface area contributed by atoms with E-state index in [1.807, 2.05) is 17.5 Å². The second kappa shape index (κ2) is 10.7. The number of aromatic nitrogens is 1. The van der Waals surface area contributed by atoms with Crippen molar-refractivity contribution >= 4 is 45.6 Å². The highest BCUT2D eigenvalue weighted by Gasteiger charge is 2.21. The van der Waals surface area contributed by atoms with Crippen molar-refractivity contribution in [2.45, 2.75) is 0 Å². The molecule has 0 saturated heterocycles. The van der Waals surface area contributed by atoms with E-state index in [0.717, 1.165) is 11.3 Å². The highest BCUT2D eigenvalue weighted by molar-refractivity contribution is 7.13. The number of carbonyl (C=O) groups is 3. The molecule has 0 radical (unpaired) electrons. The number of hydrogen-bond donors (Lipinski definition) is 3. The van der Waals surface area contributed by atoms with Gasteiger partial charge >= 0.3 is 0 Å². The van der Waals surface area contributed by atoms with Gasteiger partial charge in [-0.1, -0.05) is 12.1 Å². The molecule has 0 aliphatic rings. The smallest absolute Gasteiger partial charge is 0.258 e. The minimum absolute atomic E-state index is 0.243. The Bertz CT molecular complexity index is 1380. The maximum absolute atomic E-state index is 13.4. The van der Waals surface area contributed by atoms with Crippen molar-refractivity contribution in [1.29, 1.82) is 0 Å². The highest BCUT2D eigenvalue weighted by atomic mass is 32.1. The number of amides is 3. The molecule has 0 aliphatic carbocycles. The second-order valence-corrected chi connectivity index (χ2v) is 8.62.